The molecular formula is C9H11NOS. The molecule has 0 saturated carbocycles. The van der Waals surface area contributed by atoms with Crippen LogP contribution in [-0.2, 0) is 0 Å². The molecule has 0 amide bonds. The van der Waals surface area contributed by atoms with E-state index in [0.717, 1.165) is 17.1 Å². The van der Waals surface area contributed by atoms with Crippen molar-refractivity contribution in [1.29, 1.82) is 0 Å². The molecule has 0 spiro atoms. The van der Waals surface area contributed by atoms with Gasteiger partial charge < -0.3 is 10.4 Å². The number of hydrogen-bond acceptors (Lipinski definition) is 2. The van der Waals surface area contributed by atoms with Crippen LogP contribution in [0.25, 0.3) is 0 Å². The summed E-state index contributed by atoms with van der Waals surface area (Å²) < 4.78 is 0. The number of aromatic hydroxyl groups is 1. The van der Waals surface area contributed by atoms with Gasteiger partial charge in [-0.3, -0.25) is 0 Å². The van der Waals surface area contributed by atoms with Gasteiger partial charge in [-0.2, -0.15) is 0 Å². The molecule has 3 heteroatoms. The van der Waals surface area contributed by atoms with Crippen molar-refractivity contribution in [2.75, 3.05) is 6.54 Å². The minimum Gasteiger partial charge on any atom is -0.508 e. The van der Waals surface area contributed by atoms with Crippen LogP contribution in [0.1, 0.15) is 12.5 Å². The monoisotopic (exact) mass is 181 g/mol. The number of benzene rings is 1. The fourth-order valence-corrected chi connectivity index (χ4v) is 1.16. The summed E-state index contributed by atoms with van der Waals surface area (Å²) in [7, 11) is 0. The van der Waals surface area contributed by atoms with Crippen LogP contribution in [0.2, 0.25) is 0 Å². The maximum absolute atomic E-state index is 9.00. The second kappa shape index (κ2) is 4.07. The quantitative estimate of drug-likeness (QED) is 0.681. The van der Waals surface area contributed by atoms with Crippen LogP contribution in [-0.4, -0.2) is 16.6 Å². The van der Waals surface area contributed by atoms with Crippen molar-refractivity contribution in [2.24, 2.45) is 0 Å². The van der Waals surface area contributed by atoms with E-state index in [0.29, 0.717) is 0 Å². The molecule has 0 aromatic heterocycles. The molecule has 0 fully saturated rings. The number of phenols is 1. The average Bonchev–Trinajstić information content (AvgIpc) is 2.06. The van der Waals surface area contributed by atoms with Crippen molar-refractivity contribution >= 4 is 17.2 Å². The molecule has 0 saturated heterocycles. The molecule has 0 unspecified atom stereocenters. The van der Waals surface area contributed by atoms with Crippen LogP contribution < -0.4 is 5.32 Å². The zero-order valence-electron chi connectivity index (χ0n) is 6.87. The molecule has 2 nitrogen and oxygen atoms in total. The Morgan fingerprint density at radius 1 is 1.42 bits per heavy atom. The molecule has 0 bridgehead atoms. The van der Waals surface area contributed by atoms with Gasteiger partial charge in [0.1, 0.15) is 10.7 Å². The minimum absolute atomic E-state index is 0.262. The fraction of sp³-hybridized carbons (Fsp3) is 0.222. The highest BCUT2D eigenvalue weighted by atomic mass is 32.1. The van der Waals surface area contributed by atoms with Crippen molar-refractivity contribution in [3.63, 3.8) is 0 Å². The van der Waals surface area contributed by atoms with Crippen LogP contribution in [0.3, 0.4) is 0 Å². The SMILES string of the molecule is CCNC(=S)c1ccc(O)cc1. The van der Waals surface area contributed by atoms with Gasteiger partial charge in [0.15, 0.2) is 0 Å². The number of phenolic OH excluding ortho intramolecular Hbond substituents is 1. The summed E-state index contributed by atoms with van der Waals surface area (Å²) in [5, 5.41) is 12.0. The summed E-state index contributed by atoms with van der Waals surface area (Å²) in [5.41, 5.74) is 0.935. The Hall–Kier alpha value is -1.09. The van der Waals surface area contributed by atoms with Gasteiger partial charge in [-0.25, -0.2) is 0 Å². The summed E-state index contributed by atoms with van der Waals surface area (Å²) >= 11 is 5.07. The smallest absolute Gasteiger partial charge is 0.115 e. The highest BCUT2D eigenvalue weighted by molar-refractivity contribution is 7.80. The topological polar surface area (TPSA) is 32.3 Å². The molecule has 0 aliphatic rings. The van der Waals surface area contributed by atoms with Crippen LogP contribution in [0.4, 0.5) is 0 Å². The summed E-state index contributed by atoms with van der Waals surface area (Å²) in [6.45, 7) is 2.81. The molecule has 2 N–H and O–H groups in total. The molecule has 64 valence electrons. The molecule has 0 heterocycles. The first kappa shape index (κ1) is 9.00. The third-order valence-corrected chi connectivity index (χ3v) is 1.85. The van der Waals surface area contributed by atoms with E-state index in [-0.39, 0.29) is 5.75 Å². The van der Waals surface area contributed by atoms with E-state index in [1.807, 2.05) is 6.92 Å². The molecule has 0 radical (unpaired) electrons. The van der Waals surface area contributed by atoms with E-state index in [1.54, 1.807) is 24.3 Å². The summed E-state index contributed by atoms with van der Waals surface area (Å²) in [4.78, 5) is 0.720. The van der Waals surface area contributed by atoms with Gasteiger partial charge in [-0.1, -0.05) is 12.2 Å². The molecule has 1 rings (SSSR count). The Kier molecular flexibility index (Phi) is 3.05. The fourth-order valence-electron chi connectivity index (χ4n) is 0.875. The van der Waals surface area contributed by atoms with Gasteiger partial charge in [-0.05, 0) is 31.2 Å². The molecule has 0 aliphatic carbocycles. The van der Waals surface area contributed by atoms with E-state index in [4.69, 9.17) is 17.3 Å². The molecule has 0 aliphatic heterocycles. The van der Waals surface area contributed by atoms with Crippen molar-refractivity contribution < 1.29 is 5.11 Å². The third-order valence-electron chi connectivity index (χ3n) is 1.47. The maximum atomic E-state index is 9.00. The van der Waals surface area contributed by atoms with Gasteiger partial charge in [0.25, 0.3) is 0 Å². The highest BCUT2D eigenvalue weighted by Gasteiger charge is 1.97. The Morgan fingerprint density at radius 3 is 2.50 bits per heavy atom. The van der Waals surface area contributed by atoms with Gasteiger partial charge in [0.05, 0.1) is 0 Å². The van der Waals surface area contributed by atoms with Crippen LogP contribution >= 0.6 is 12.2 Å². The Labute approximate surface area is 77.2 Å². The summed E-state index contributed by atoms with van der Waals surface area (Å²) in [5.74, 6) is 0.262. The van der Waals surface area contributed by atoms with E-state index in [9.17, 15) is 0 Å². The Bertz CT molecular complexity index is 268. The third kappa shape index (κ3) is 2.20. The lowest BCUT2D eigenvalue weighted by molar-refractivity contribution is 0.475. The number of hydrogen-bond donors (Lipinski definition) is 2. The lowest BCUT2D eigenvalue weighted by atomic mass is 10.2. The van der Waals surface area contributed by atoms with Crippen molar-refractivity contribution in [2.45, 2.75) is 6.92 Å². The van der Waals surface area contributed by atoms with E-state index in [2.05, 4.69) is 5.32 Å². The minimum atomic E-state index is 0.262. The number of nitrogens with one attached hydrogen (secondary N) is 1. The van der Waals surface area contributed by atoms with Gasteiger partial charge in [-0.15, -0.1) is 0 Å². The first-order valence-corrected chi connectivity index (χ1v) is 4.22. The van der Waals surface area contributed by atoms with E-state index >= 15 is 0 Å². The maximum Gasteiger partial charge on any atom is 0.115 e. The largest absolute Gasteiger partial charge is 0.508 e. The molecular weight excluding hydrogens is 170 g/mol. The van der Waals surface area contributed by atoms with Crippen LogP contribution in [0, 0.1) is 0 Å². The predicted molar refractivity (Wildman–Crippen MR) is 53.5 cm³/mol. The lowest BCUT2D eigenvalue weighted by Crippen LogP contribution is -2.21. The summed E-state index contributed by atoms with van der Waals surface area (Å²) in [6.07, 6.45) is 0. The van der Waals surface area contributed by atoms with E-state index in [1.165, 1.54) is 0 Å². The average molecular weight is 181 g/mol. The normalized spacial score (nSPS) is 9.42. The molecule has 0 atom stereocenters. The predicted octanol–water partition coefficient (Wildman–Crippen LogP) is 1.68. The summed E-state index contributed by atoms with van der Waals surface area (Å²) in [6, 6.07) is 6.83. The van der Waals surface area contributed by atoms with Gasteiger partial charge in [0.2, 0.25) is 0 Å². The Morgan fingerprint density at radius 2 is 2.00 bits per heavy atom. The standard InChI is InChI=1S/C9H11NOS/c1-2-10-9(12)7-3-5-8(11)6-4-7/h3-6,11H,2H2,1H3,(H,10,12). The van der Waals surface area contributed by atoms with Gasteiger partial charge in [0, 0.05) is 12.1 Å². The first-order valence-electron chi connectivity index (χ1n) is 3.81. The zero-order chi connectivity index (χ0) is 8.97. The number of thiocarbonyl (C=S) groups is 1. The number of rotatable bonds is 2. The van der Waals surface area contributed by atoms with Gasteiger partial charge >= 0.3 is 0 Å². The van der Waals surface area contributed by atoms with Crippen molar-refractivity contribution in [3.05, 3.63) is 29.8 Å². The van der Waals surface area contributed by atoms with E-state index < -0.39 is 0 Å². The van der Waals surface area contributed by atoms with Crippen LogP contribution in [0.5, 0.6) is 5.75 Å². The van der Waals surface area contributed by atoms with Crippen molar-refractivity contribution in [3.8, 4) is 5.75 Å². The second-order valence-electron chi connectivity index (χ2n) is 2.41. The second-order valence-corrected chi connectivity index (χ2v) is 2.81. The van der Waals surface area contributed by atoms with Crippen LogP contribution in [0.15, 0.2) is 24.3 Å². The zero-order valence-corrected chi connectivity index (χ0v) is 7.69. The molecule has 1 aromatic rings. The first-order chi connectivity index (χ1) is 5.74. The molecule has 12 heavy (non-hydrogen) atoms. The Balaban J connectivity index is 2.75. The highest BCUT2D eigenvalue weighted by Crippen LogP contribution is 2.09. The lowest BCUT2D eigenvalue weighted by Gasteiger charge is -2.04. The molecule has 1 aromatic carbocycles. The van der Waals surface area contributed by atoms with Crippen molar-refractivity contribution in [1.82, 2.24) is 5.32 Å².